The summed E-state index contributed by atoms with van der Waals surface area (Å²) in [6.45, 7) is 2.83. The van der Waals surface area contributed by atoms with Crippen molar-refractivity contribution in [2.45, 2.75) is 44.7 Å². The van der Waals surface area contributed by atoms with Gasteiger partial charge in [0.2, 0.25) is 5.91 Å². The summed E-state index contributed by atoms with van der Waals surface area (Å²) in [5.74, 6) is 0.695. The number of hydrogen-bond acceptors (Lipinski definition) is 4. The summed E-state index contributed by atoms with van der Waals surface area (Å²) in [6, 6.07) is 7.63. The van der Waals surface area contributed by atoms with Crippen molar-refractivity contribution in [3.05, 3.63) is 30.6 Å². The van der Waals surface area contributed by atoms with E-state index < -0.39 is 5.54 Å². The van der Waals surface area contributed by atoms with E-state index in [1.54, 1.807) is 6.33 Å². The van der Waals surface area contributed by atoms with Gasteiger partial charge in [-0.05, 0) is 31.9 Å². The average Bonchev–Trinajstić information content (AvgIpc) is 3.16. The number of hydrogen-bond donors (Lipinski definition) is 2. The Labute approximate surface area is 154 Å². The fourth-order valence-electron chi connectivity index (χ4n) is 2.93. The predicted octanol–water partition coefficient (Wildman–Crippen LogP) is 3.02. The second-order valence-corrected chi connectivity index (χ2v) is 5.84. The van der Waals surface area contributed by atoms with Gasteiger partial charge in [-0.15, -0.1) is 35.0 Å². The summed E-state index contributed by atoms with van der Waals surface area (Å²) in [7, 11) is 0. The molecule has 2 aromatic rings. The smallest absolute Gasteiger partial charge is 0.244 e. The van der Waals surface area contributed by atoms with E-state index in [4.69, 9.17) is 5.73 Å². The third kappa shape index (κ3) is 4.06. The van der Waals surface area contributed by atoms with E-state index >= 15 is 0 Å². The molecule has 1 aromatic carbocycles. The molecule has 3 rings (SSSR count). The van der Waals surface area contributed by atoms with E-state index in [1.807, 2.05) is 35.8 Å². The number of nitrogens with two attached hydrogens (primary N) is 1. The molecule has 0 bridgehead atoms. The molecule has 0 atom stereocenters. The lowest BCUT2D eigenvalue weighted by atomic mass is 9.98. The zero-order chi connectivity index (χ0) is 15.6. The monoisotopic (exact) mass is 371 g/mol. The van der Waals surface area contributed by atoms with Crippen LogP contribution in [0.4, 0.5) is 5.69 Å². The molecule has 0 radical (unpaired) electrons. The number of nitrogens with zero attached hydrogens (tertiary/aromatic N) is 3. The molecule has 1 fully saturated rings. The van der Waals surface area contributed by atoms with Crippen molar-refractivity contribution in [3.63, 3.8) is 0 Å². The topological polar surface area (TPSA) is 85.8 Å². The molecular formula is C16H23Cl2N5O. The van der Waals surface area contributed by atoms with Gasteiger partial charge in [0.05, 0.1) is 5.54 Å². The molecule has 0 spiro atoms. The minimum atomic E-state index is -0.723. The van der Waals surface area contributed by atoms with Gasteiger partial charge in [-0.25, -0.2) is 0 Å². The molecule has 6 nitrogen and oxygen atoms in total. The Morgan fingerprint density at radius 2 is 2.04 bits per heavy atom. The number of benzene rings is 1. The van der Waals surface area contributed by atoms with Crippen molar-refractivity contribution >= 4 is 36.4 Å². The molecule has 0 unspecified atom stereocenters. The number of rotatable bonds is 4. The van der Waals surface area contributed by atoms with Crippen LogP contribution >= 0.6 is 24.8 Å². The zero-order valence-corrected chi connectivity index (χ0v) is 15.2. The van der Waals surface area contributed by atoms with Crippen LogP contribution in [0, 0.1) is 0 Å². The zero-order valence-electron chi connectivity index (χ0n) is 13.6. The highest BCUT2D eigenvalue weighted by Gasteiger charge is 2.36. The van der Waals surface area contributed by atoms with Crippen molar-refractivity contribution < 1.29 is 4.79 Å². The average molecular weight is 372 g/mol. The van der Waals surface area contributed by atoms with Crippen LogP contribution < -0.4 is 11.1 Å². The maximum atomic E-state index is 12.4. The van der Waals surface area contributed by atoms with Crippen LogP contribution in [0.25, 0.3) is 11.4 Å². The van der Waals surface area contributed by atoms with Crippen molar-refractivity contribution in [2.24, 2.45) is 5.73 Å². The number of nitrogens with one attached hydrogen (secondary N) is 1. The molecule has 24 heavy (non-hydrogen) atoms. The maximum absolute atomic E-state index is 12.4. The van der Waals surface area contributed by atoms with Gasteiger partial charge in [-0.1, -0.05) is 25.0 Å². The Hall–Kier alpha value is -1.63. The Kier molecular flexibility index (Phi) is 7.20. The summed E-state index contributed by atoms with van der Waals surface area (Å²) in [5, 5.41) is 11.0. The Balaban J connectivity index is 0.00000144. The van der Waals surface area contributed by atoms with Gasteiger partial charge in [0.25, 0.3) is 0 Å². The summed E-state index contributed by atoms with van der Waals surface area (Å²) >= 11 is 0. The summed E-state index contributed by atoms with van der Waals surface area (Å²) in [5.41, 5.74) is 7.13. The molecule has 1 amide bonds. The number of carbonyl (C=O) groups excluding carboxylic acids is 1. The lowest BCUT2D eigenvalue weighted by molar-refractivity contribution is -0.121. The van der Waals surface area contributed by atoms with Gasteiger partial charge in [-0.3, -0.25) is 4.79 Å². The third-order valence-electron chi connectivity index (χ3n) is 4.28. The fourth-order valence-corrected chi connectivity index (χ4v) is 2.93. The van der Waals surface area contributed by atoms with Gasteiger partial charge < -0.3 is 15.6 Å². The molecule has 0 aliphatic heterocycles. The quantitative estimate of drug-likeness (QED) is 0.864. The Bertz CT molecular complexity index is 683. The van der Waals surface area contributed by atoms with Crippen LogP contribution in [-0.4, -0.2) is 26.2 Å². The van der Waals surface area contributed by atoms with Crippen molar-refractivity contribution in [2.75, 3.05) is 5.32 Å². The van der Waals surface area contributed by atoms with Crippen molar-refractivity contribution in [1.29, 1.82) is 0 Å². The van der Waals surface area contributed by atoms with Crippen LogP contribution in [0.5, 0.6) is 0 Å². The van der Waals surface area contributed by atoms with E-state index in [-0.39, 0.29) is 30.7 Å². The molecule has 1 aromatic heterocycles. The molecule has 8 heteroatoms. The van der Waals surface area contributed by atoms with Crippen LogP contribution in [0.3, 0.4) is 0 Å². The highest BCUT2D eigenvalue weighted by Crippen LogP contribution is 2.29. The molecule has 1 saturated carbocycles. The molecular weight excluding hydrogens is 349 g/mol. The van der Waals surface area contributed by atoms with Gasteiger partial charge in [-0.2, -0.15) is 0 Å². The Morgan fingerprint density at radius 3 is 2.71 bits per heavy atom. The number of halogens is 2. The largest absolute Gasteiger partial charge is 0.324 e. The fraction of sp³-hybridized carbons (Fsp3) is 0.438. The van der Waals surface area contributed by atoms with Crippen LogP contribution in [0.15, 0.2) is 30.6 Å². The number of aromatic nitrogens is 3. The number of amides is 1. The van der Waals surface area contributed by atoms with Crippen molar-refractivity contribution in [1.82, 2.24) is 14.8 Å². The number of aryl methyl sites for hydroxylation is 1. The molecule has 1 aliphatic rings. The molecule has 1 aliphatic carbocycles. The van der Waals surface area contributed by atoms with Gasteiger partial charge in [0.1, 0.15) is 6.33 Å². The maximum Gasteiger partial charge on any atom is 0.244 e. The first kappa shape index (κ1) is 20.4. The first-order valence-electron chi connectivity index (χ1n) is 7.71. The summed E-state index contributed by atoms with van der Waals surface area (Å²) in [6.07, 6.45) is 5.24. The first-order chi connectivity index (χ1) is 10.6. The van der Waals surface area contributed by atoms with Crippen LogP contribution in [-0.2, 0) is 11.3 Å². The summed E-state index contributed by atoms with van der Waals surface area (Å²) in [4.78, 5) is 12.4. The number of carbonyl (C=O) groups is 1. The van der Waals surface area contributed by atoms with Crippen LogP contribution in [0.1, 0.15) is 32.6 Å². The van der Waals surface area contributed by atoms with E-state index in [1.165, 1.54) is 0 Å². The normalized spacial score (nSPS) is 15.2. The highest BCUT2D eigenvalue weighted by atomic mass is 35.5. The summed E-state index contributed by atoms with van der Waals surface area (Å²) < 4.78 is 1.96. The molecule has 132 valence electrons. The van der Waals surface area contributed by atoms with E-state index in [9.17, 15) is 4.79 Å². The first-order valence-corrected chi connectivity index (χ1v) is 7.71. The van der Waals surface area contributed by atoms with E-state index in [0.717, 1.165) is 49.3 Å². The highest BCUT2D eigenvalue weighted by molar-refractivity contribution is 5.98. The molecule has 3 N–H and O–H groups in total. The third-order valence-corrected chi connectivity index (χ3v) is 4.28. The standard InChI is InChI=1S/C16H21N5O.2ClH/c1-2-21-11-18-20-14(21)12-6-5-7-13(10-12)19-15(22)16(17)8-3-4-9-16;;/h5-7,10-11H,2-4,8-9,17H2,1H3,(H,19,22);2*1H. The molecule has 1 heterocycles. The van der Waals surface area contributed by atoms with E-state index in [0.29, 0.717) is 0 Å². The minimum Gasteiger partial charge on any atom is -0.324 e. The minimum absolute atomic E-state index is 0. The second-order valence-electron chi connectivity index (χ2n) is 5.84. The Morgan fingerprint density at radius 1 is 1.33 bits per heavy atom. The van der Waals surface area contributed by atoms with Crippen LogP contribution in [0.2, 0.25) is 0 Å². The lowest BCUT2D eigenvalue weighted by Crippen LogP contribution is -2.48. The van der Waals surface area contributed by atoms with Gasteiger partial charge >= 0.3 is 0 Å². The predicted molar refractivity (Wildman–Crippen MR) is 99.6 cm³/mol. The molecule has 0 saturated heterocycles. The second kappa shape index (κ2) is 8.46. The van der Waals surface area contributed by atoms with Crippen molar-refractivity contribution in [3.8, 4) is 11.4 Å². The number of anilines is 1. The van der Waals surface area contributed by atoms with Gasteiger partial charge in [0.15, 0.2) is 5.82 Å². The van der Waals surface area contributed by atoms with Gasteiger partial charge in [0, 0.05) is 17.8 Å². The SMILES string of the molecule is CCn1cnnc1-c1cccc(NC(=O)C2(N)CCCC2)c1.Cl.Cl. The lowest BCUT2D eigenvalue weighted by Gasteiger charge is -2.22. The van der Waals surface area contributed by atoms with E-state index in [2.05, 4.69) is 15.5 Å².